The Morgan fingerprint density at radius 1 is 0.300 bits per heavy atom. The van der Waals surface area contributed by atoms with Crippen LogP contribution in [0.1, 0.15) is 16.7 Å². The van der Waals surface area contributed by atoms with E-state index >= 15 is 26.3 Å². The van der Waals surface area contributed by atoms with Gasteiger partial charge in [-0.05, 0) is 121 Å². The molecule has 0 fully saturated rings. The third kappa shape index (κ3) is 6.98. The molecule has 0 radical (unpaired) electrons. The van der Waals surface area contributed by atoms with Gasteiger partial charge in [0.05, 0.1) is 72.6 Å². The highest BCUT2D eigenvalue weighted by Gasteiger charge is 2.41. The maximum Gasteiger partial charge on any atom is 0.417 e. The summed E-state index contributed by atoms with van der Waals surface area (Å²) in [5.74, 6) is 0. The standard InChI is InChI=1S/C69H39F6N5/c70-68(71,72)56-24-15-25-57(69(73,74)75)67(56)41-31-33-62(80-61-29-14-10-23-49(61)55-37-53-47-21-8-12-27-59(47)78(64(53)39-66(55)80)44-18-5-2-6-19-44)51(34-41)50-35-45(32-30-42(50)40-76)79-60-28-13-9-22-48(60)54-36-52-46-20-7-11-26-58(46)77(63(52)38-65(54)79)43-16-3-1-4-17-43/h1-39H. The number of nitriles is 1. The molecule has 15 rings (SSSR count). The molecule has 0 aliphatic heterocycles. The Balaban J connectivity index is 1.06. The van der Waals surface area contributed by atoms with Gasteiger partial charge >= 0.3 is 12.4 Å². The van der Waals surface area contributed by atoms with E-state index < -0.39 is 29.0 Å². The Labute approximate surface area is 451 Å². The van der Waals surface area contributed by atoms with Gasteiger partial charge in [0.2, 0.25) is 0 Å². The first-order valence-corrected chi connectivity index (χ1v) is 26.0. The molecule has 0 N–H and O–H groups in total. The quantitative estimate of drug-likeness (QED) is 0.153. The zero-order valence-electron chi connectivity index (χ0n) is 42.0. The van der Waals surface area contributed by atoms with E-state index in [0.29, 0.717) is 29.1 Å². The summed E-state index contributed by atoms with van der Waals surface area (Å²) in [5.41, 5.74) is 6.47. The second-order valence-electron chi connectivity index (χ2n) is 20.2. The number of aromatic nitrogens is 4. The summed E-state index contributed by atoms with van der Waals surface area (Å²) in [7, 11) is 0. The number of benzene rings is 11. The lowest BCUT2D eigenvalue weighted by atomic mass is 9.89. The lowest BCUT2D eigenvalue weighted by molar-refractivity contribution is -0.142. The Morgan fingerprint density at radius 3 is 1.14 bits per heavy atom. The molecule has 11 heteroatoms. The zero-order chi connectivity index (χ0) is 54.2. The molecule has 5 nitrogen and oxygen atoms in total. The SMILES string of the molecule is N#Cc1ccc(-n2c3ccccc3c3cc4c5ccccc5n(-c5ccccc5)c4cc32)cc1-c1cc(-c2c(C(F)(F)F)cccc2C(F)(F)F)ccc1-n1c2ccccc2c2cc3c4ccccc4n(-c4ccccc4)c3cc21. The first-order chi connectivity index (χ1) is 38.9. The van der Waals surface area contributed by atoms with Gasteiger partial charge in [-0.15, -0.1) is 0 Å². The van der Waals surface area contributed by atoms with Crippen LogP contribution in [0.15, 0.2) is 237 Å². The molecule has 0 bridgehead atoms. The van der Waals surface area contributed by atoms with Crippen LogP contribution in [0, 0.1) is 11.3 Å². The van der Waals surface area contributed by atoms with Gasteiger partial charge in [0.1, 0.15) is 0 Å². The van der Waals surface area contributed by atoms with Gasteiger partial charge in [0, 0.05) is 76.8 Å². The molecule has 0 amide bonds. The Morgan fingerprint density at radius 2 is 0.700 bits per heavy atom. The van der Waals surface area contributed by atoms with Crippen LogP contribution in [-0.4, -0.2) is 18.3 Å². The molecule has 0 spiro atoms. The van der Waals surface area contributed by atoms with Crippen molar-refractivity contribution in [3.63, 3.8) is 0 Å². The molecule has 0 saturated carbocycles. The fourth-order valence-corrected chi connectivity index (χ4v) is 12.5. The predicted octanol–water partition coefficient (Wildman–Crippen LogP) is 19.3. The van der Waals surface area contributed by atoms with Gasteiger partial charge in [0.25, 0.3) is 0 Å². The monoisotopic (exact) mass is 1050 g/mol. The van der Waals surface area contributed by atoms with Crippen molar-refractivity contribution < 1.29 is 26.3 Å². The lowest BCUT2D eigenvalue weighted by Gasteiger charge is -2.22. The minimum absolute atomic E-state index is 0.159. The Hall–Kier alpha value is -10.3. The van der Waals surface area contributed by atoms with Gasteiger partial charge in [-0.2, -0.15) is 31.6 Å². The maximum atomic E-state index is 15.2. The van der Waals surface area contributed by atoms with Crippen molar-refractivity contribution in [1.29, 1.82) is 5.26 Å². The van der Waals surface area contributed by atoms with E-state index in [2.05, 4.69) is 86.5 Å². The summed E-state index contributed by atoms with van der Waals surface area (Å²) in [6.07, 6.45) is -10.3. The van der Waals surface area contributed by atoms with Crippen molar-refractivity contribution in [2.75, 3.05) is 0 Å². The van der Waals surface area contributed by atoms with Crippen LogP contribution < -0.4 is 0 Å². The summed E-state index contributed by atoms with van der Waals surface area (Å²) in [4.78, 5) is 0. The fraction of sp³-hybridized carbons (Fsp3) is 0.0290. The number of halogens is 6. The molecule has 382 valence electrons. The van der Waals surface area contributed by atoms with Gasteiger partial charge < -0.3 is 18.3 Å². The minimum Gasteiger partial charge on any atom is -0.309 e. The zero-order valence-corrected chi connectivity index (χ0v) is 42.0. The van der Waals surface area contributed by atoms with Crippen LogP contribution >= 0.6 is 0 Å². The third-order valence-corrected chi connectivity index (χ3v) is 15.8. The number of hydrogen-bond acceptors (Lipinski definition) is 1. The third-order valence-electron chi connectivity index (χ3n) is 15.8. The molecule has 4 heterocycles. The van der Waals surface area contributed by atoms with E-state index in [1.807, 2.05) is 132 Å². The Bertz CT molecular complexity index is 5070. The summed E-state index contributed by atoms with van der Waals surface area (Å²) in [5, 5.41) is 19.0. The van der Waals surface area contributed by atoms with Crippen LogP contribution in [-0.2, 0) is 12.4 Å². The molecule has 0 aliphatic rings. The van der Waals surface area contributed by atoms with E-state index in [9.17, 15) is 5.26 Å². The van der Waals surface area contributed by atoms with E-state index in [1.165, 1.54) is 12.1 Å². The van der Waals surface area contributed by atoms with Gasteiger partial charge in [-0.25, -0.2) is 0 Å². The van der Waals surface area contributed by atoms with Crippen molar-refractivity contribution in [2.24, 2.45) is 0 Å². The lowest BCUT2D eigenvalue weighted by Crippen LogP contribution is -2.14. The molecule has 0 unspecified atom stereocenters. The summed E-state index contributed by atoms with van der Waals surface area (Å²) in [6.45, 7) is 0. The summed E-state index contributed by atoms with van der Waals surface area (Å²) >= 11 is 0. The summed E-state index contributed by atoms with van der Waals surface area (Å²) < 4.78 is 99.6. The van der Waals surface area contributed by atoms with E-state index in [-0.39, 0.29) is 16.7 Å². The van der Waals surface area contributed by atoms with Crippen LogP contribution in [0.25, 0.3) is 132 Å². The van der Waals surface area contributed by atoms with E-state index in [0.717, 1.165) is 105 Å². The molecule has 0 aliphatic carbocycles. The number of fused-ring (bicyclic) bond motifs is 12. The second-order valence-corrected chi connectivity index (χ2v) is 20.2. The van der Waals surface area contributed by atoms with Gasteiger partial charge in [0.15, 0.2) is 0 Å². The second kappa shape index (κ2) is 17.3. The fourth-order valence-electron chi connectivity index (χ4n) is 12.5. The Kier molecular flexibility index (Phi) is 10.2. The van der Waals surface area contributed by atoms with Crippen LogP contribution in [0.2, 0.25) is 0 Å². The molecular weight excluding hydrogens is 1010 g/mol. The number of para-hydroxylation sites is 6. The number of nitrogens with zero attached hydrogens (tertiary/aromatic N) is 5. The van der Waals surface area contributed by atoms with Gasteiger partial charge in [-0.3, -0.25) is 0 Å². The van der Waals surface area contributed by atoms with Crippen LogP contribution in [0.3, 0.4) is 0 Å². The number of alkyl halides is 6. The highest BCUT2D eigenvalue weighted by molar-refractivity contribution is 6.21. The van der Waals surface area contributed by atoms with E-state index in [4.69, 9.17) is 0 Å². The minimum atomic E-state index is -5.16. The topological polar surface area (TPSA) is 43.5 Å². The largest absolute Gasteiger partial charge is 0.417 e. The average Bonchev–Trinajstić information content (AvgIpc) is 4.39. The molecule has 11 aromatic carbocycles. The molecule has 15 aromatic rings. The molecule has 0 saturated heterocycles. The van der Waals surface area contributed by atoms with Crippen molar-refractivity contribution in [1.82, 2.24) is 18.3 Å². The smallest absolute Gasteiger partial charge is 0.309 e. The highest BCUT2D eigenvalue weighted by atomic mass is 19.4. The van der Waals surface area contributed by atoms with Crippen molar-refractivity contribution in [3.8, 4) is 51.1 Å². The molecule has 4 aromatic heterocycles. The normalized spacial score (nSPS) is 12.4. The predicted molar refractivity (Wildman–Crippen MR) is 309 cm³/mol. The van der Waals surface area contributed by atoms with Crippen molar-refractivity contribution in [3.05, 3.63) is 253 Å². The number of hydrogen-bond donors (Lipinski definition) is 0. The van der Waals surface area contributed by atoms with E-state index in [1.54, 1.807) is 12.1 Å². The molecular formula is C69H39F6N5. The highest BCUT2D eigenvalue weighted by Crippen LogP contribution is 2.49. The van der Waals surface area contributed by atoms with Crippen LogP contribution in [0.5, 0.6) is 0 Å². The molecule has 0 atom stereocenters. The molecule has 80 heavy (non-hydrogen) atoms. The average molecular weight is 1050 g/mol. The number of rotatable bonds is 6. The van der Waals surface area contributed by atoms with Crippen molar-refractivity contribution in [2.45, 2.75) is 12.4 Å². The van der Waals surface area contributed by atoms with Crippen LogP contribution in [0.4, 0.5) is 26.3 Å². The first-order valence-electron chi connectivity index (χ1n) is 26.0. The van der Waals surface area contributed by atoms with Crippen molar-refractivity contribution >= 4 is 87.2 Å². The van der Waals surface area contributed by atoms with Gasteiger partial charge in [-0.1, -0.05) is 121 Å². The first kappa shape index (κ1) is 46.9. The maximum absolute atomic E-state index is 15.2. The summed E-state index contributed by atoms with van der Waals surface area (Å²) in [6, 6.07) is 75.2.